The summed E-state index contributed by atoms with van der Waals surface area (Å²) in [6.07, 6.45) is 1.78. The molecule has 0 atom stereocenters. The molecule has 2 aromatic rings. The first-order valence-electron chi connectivity index (χ1n) is 7.57. The van der Waals surface area contributed by atoms with E-state index >= 15 is 0 Å². The third-order valence-electron chi connectivity index (χ3n) is 3.50. The molecule has 2 rings (SSSR count). The monoisotopic (exact) mass is 386 g/mol. The highest BCUT2D eigenvalue weighted by Crippen LogP contribution is 2.30. The summed E-state index contributed by atoms with van der Waals surface area (Å²) in [7, 11) is 1.96. The Balaban J connectivity index is 2.16. The molecule has 0 radical (unpaired) electrons. The van der Waals surface area contributed by atoms with Crippen LogP contribution in [-0.4, -0.2) is 29.8 Å². The third kappa shape index (κ3) is 4.56. The fourth-order valence-corrected chi connectivity index (χ4v) is 2.34. The van der Waals surface area contributed by atoms with E-state index in [4.69, 9.17) is 10.00 Å². The van der Waals surface area contributed by atoms with Gasteiger partial charge in [0.1, 0.15) is 6.61 Å². The zero-order valence-corrected chi connectivity index (χ0v) is 15.5. The lowest BCUT2D eigenvalue weighted by molar-refractivity contribution is 0.291. The van der Waals surface area contributed by atoms with Crippen molar-refractivity contribution in [1.29, 1.82) is 5.26 Å². The van der Waals surface area contributed by atoms with Crippen LogP contribution in [0.15, 0.2) is 39.8 Å². The molecule has 124 valence electrons. The fraction of sp³-hybridized carbons (Fsp3) is 0.278. The van der Waals surface area contributed by atoms with Crippen molar-refractivity contribution in [2.75, 3.05) is 13.6 Å². The van der Waals surface area contributed by atoms with Crippen LogP contribution in [0.1, 0.15) is 23.7 Å². The van der Waals surface area contributed by atoms with E-state index in [2.05, 4.69) is 38.9 Å². The Morgan fingerprint density at radius 2 is 2.17 bits per heavy atom. The maximum atomic E-state index is 9.12. The molecule has 1 heterocycles. The number of benzene rings is 1. The van der Waals surface area contributed by atoms with Gasteiger partial charge in [-0.3, -0.25) is 0 Å². The lowest BCUT2D eigenvalue weighted by atomic mass is 10.1. The van der Waals surface area contributed by atoms with Gasteiger partial charge in [-0.25, -0.2) is 9.98 Å². The zero-order chi connectivity index (χ0) is 17.5. The number of nitrogens with zero attached hydrogens (tertiary/aromatic N) is 4. The van der Waals surface area contributed by atoms with Crippen LogP contribution in [0.4, 0.5) is 5.69 Å². The number of aromatic nitrogens is 1. The van der Waals surface area contributed by atoms with E-state index in [0.717, 1.165) is 28.0 Å². The number of aliphatic imine (C=N–C) groups is 1. The Bertz CT molecular complexity index is 783. The first-order valence-corrected chi connectivity index (χ1v) is 8.36. The van der Waals surface area contributed by atoms with Crippen molar-refractivity contribution in [1.82, 2.24) is 9.88 Å². The number of hydrogen-bond acceptors (Lipinski definition) is 4. The number of nitriles is 1. The van der Waals surface area contributed by atoms with Crippen molar-refractivity contribution in [3.63, 3.8) is 0 Å². The SMILES string of the molecule is CCN(C)/C=N/c1cc(Br)c(OCc2ccccc2C#N)nc1C. The summed E-state index contributed by atoms with van der Waals surface area (Å²) >= 11 is 3.47. The van der Waals surface area contributed by atoms with Crippen LogP contribution in [0, 0.1) is 18.3 Å². The van der Waals surface area contributed by atoms with Crippen molar-refractivity contribution in [3.8, 4) is 11.9 Å². The summed E-state index contributed by atoms with van der Waals surface area (Å²) in [5, 5.41) is 9.12. The molecule has 0 aliphatic carbocycles. The third-order valence-corrected chi connectivity index (χ3v) is 4.07. The molecule has 0 saturated carbocycles. The molecule has 0 fully saturated rings. The smallest absolute Gasteiger partial charge is 0.228 e. The molecule has 0 bridgehead atoms. The van der Waals surface area contributed by atoms with Gasteiger partial charge in [-0.15, -0.1) is 0 Å². The topological polar surface area (TPSA) is 61.5 Å². The Morgan fingerprint density at radius 3 is 2.88 bits per heavy atom. The minimum absolute atomic E-state index is 0.288. The number of aryl methyl sites for hydroxylation is 1. The fourth-order valence-electron chi connectivity index (χ4n) is 1.92. The maximum absolute atomic E-state index is 9.12. The molecule has 0 spiro atoms. The molecule has 0 saturated heterocycles. The number of hydrogen-bond donors (Lipinski definition) is 0. The van der Waals surface area contributed by atoms with E-state index in [1.165, 1.54) is 0 Å². The molecular weight excluding hydrogens is 368 g/mol. The lowest BCUT2D eigenvalue weighted by Gasteiger charge is -2.11. The van der Waals surface area contributed by atoms with Crippen LogP contribution in [0.25, 0.3) is 0 Å². The number of ether oxygens (including phenoxy) is 1. The van der Waals surface area contributed by atoms with Gasteiger partial charge in [0.25, 0.3) is 0 Å². The Kier molecular flexibility index (Phi) is 6.33. The van der Waals surface area contributed by atoms with Gasteiger partial charge in [-0.2, -0.15) is 5.26 Å². The largest absolute Gasteiger partial charge is 0.472 e. The summed E-state index contributed by atoms with van der Waals surface area (Å²) in [5.74, 6) is 0.489. The number of pyridine rings is 1. The first-order chi connectivity index (χ1) is 11.5. The van der Waals surface area contributed by atoms with Gasteiger partial charge in [0, 0.05) is 19.2 Å². The summed E-state index contributed by atoms with van der Waals surface area (Å²) in [4.78, 5) is 10.9. The van der Waals surface area contributed by atoms with Crippen LogP contribution in [0.5, 0.6) is 5.88 Å². The predicted octanol–water partition coefficient (Wildman–Crippen LogP) is 4.21. The second kappa shape index (κ2) is 8.46. The molecule has 0 N–H and O–H groups in total. The molecule has 0 aliphatic rings. The molecule has 0 unspecified atom stereocenters. The molecule has 6 heteroatoms. The van der Waals surface area contributed by atoms with Crippen molar-refractivity contribution in [2.24, 2.45) is 4.99 Å². The van der Waals surface area contributed by atoms with Crippen molar-refractivity contribution in [3.05, 3.63) is 51.6 Å². The van der Waals surface area contributed by atoms with Crippen LogP contribution < -0.4 is 4.74 Å². The number of halogens is 1. The Hall–Kier alpha value is -2.39. The minimum atomic E-state index is 0.288. The van der Waals surface area contributed by atoms with Gasteiger partial charge in [-0.1, -0.05) is 18.2 Å². The highest BCUT2D eigenvalue weighted by Gasteiger charge is 2.10. The average Bonchev–Trinajstić information content (AvgIpc) is 2.60. The van der Waals surface area contributed by atoms with Crippen molar-refractivity contribution < 1.29 is 4.74 Å². The first kappa shape index (κ1) is 18.0. The van der Waals surface area contributed by atoms with E-state index in [0.29, 0.717) is 11.4 Å². The van der Waals surface area contributed by atoms with Crippen LogP contribution in [-0.2, 0) is 6.61 Å². The quantitative estimate of drug-likeness (QED) is 0.550. The van der Waals surface area contributed by atoms with Gasteiger partial charge in [0.15, 0.2) is 0 Å². The molecule has 1 aromatic carbocycles. The van der Waals surface area contributed by atoms with E-state index in [-0.39, 0.29) is 6.61 Å². The molecule has 0 aliphatic heterocycles. The summed E-state index contributed by atoms with van der Waals surface area (Å²) in [6.45, 7) is 5.12. The molecular formula is C18H19BrN4O. The van der Waals surface area contributed by atoms with Crippen molar-refractivity contribution >= 4 is 28.0 Å². The van der Waals surface area contributed by atoms with Crippen LogP contribution in [0.2, 0.25) is 0 Å². The van der Waals surface area contributed by atoms with E-state index < -0.39 is 0 Å². The van der Waals surface area contributed by atoms with E-state index in [9.17, 15) is 0 Å². The highest BCUT2D eigenvalue weighted by molar-refractivity contribution is 9.10. The standard InChI is InChI=1S/C18H19BrN4O/c1-4-23(3)12-21-17-9-16(19)18(22-13(17)2)24-11-15-8-6-5-7-14(15)10-20/h5-9,12H,4,11H2,1-3H3/b21-12+. The molecule has 0 amide bonds. The van der Waals surface area contributed by atoms with Gasteiger partial charge in [-0.05, 0) is 41.9 Å². The second-order valence-electron chi connectivity index (χ2n) is 5.26. The van der Waals surface area contributed by atoms with Crippen LogP contribution in [0.3, 0.4) is 0 Å². The summed E-state index contributed by atoms with van der Waals surface area (Å²) < 4.78 is 6.51. The normalized spacial score (nSPS) is 10.6. The Morgan fingerprint density at radius 1 is 1.42 bits per heavy atom. The lowest BCUT2D eigenvalue weighted by Crippen LogP contribution is -2.14. The summed E-state index contributed by atoms with van der Waals surface area (Å²) in [6, 6.07) is 11.4. The zero-order valence-electron chi connectivity index (χ0n) is 14.0. The van der Waals surface area contributed by atoms with Gasteiger partial charge in [0.05, 0.1) is 33.8 Å². The summed E-state index contributed by atoms with van der Waals surface area (Å²) in [5.41, 5.74) is 3.00. The van der Waals surface area contributed by atoms with Gasteiger partial charge >= 0.3 is 0 Å². The average molecular weight is 387 g/mol. The molecule has 5 nitrogen and oxygen atoms in total. The Labute approximate surface area is 150 Å². The van der Waals surface area contributed by atoms with Crippen LogP contribution >= 0.6 is 15.9 Å². The second-order valence-corrected chi connectivity index (χ2v) is 6.11. The van der Waals surface area contributed by atoms with Gasteiger partial charge in [0.2, 0.25) is 5.88 Å². The maximum Gasteiger partial charge on any atom is 0.228 e. The van der Waals surface area contributed by atoms with E-state index in [1.807, 2.05) is 43.1 Å². The molecule has 1 aromatic heterocycles. The number of rotatable bonds is 6. The highest BCUT2D eigenvalue weighted by atomic mass is 79.9. The molecule has 24 heavy (non-hydrogen) atoms. The van der Waals surface area contributed by atoms with Gasteiger partial charge < -0.3 is 9.64 Å². The van der Waals surface area contributed by atoms with Crippen molar-refractivity contribution in [2.45, 2.75) is 20.5 Å². The van der Waals surface area contributed by atoms with E-state index in [1.54, 1.807) is 12.4 Å². The predicted molar refractivity (Wildman–Crippen MR) is 98.6 cm³/mol. The minimum Gasteiger partial charge on any atom is -0.472 e.